The van der Waals surface area contributed by atoms with Crippen molar-refractivity contribution in [3.05, 3.63) is 22.5 Å². The van der Waals surface area contributed by atoms with Gasteiger partial charge in [-0.1, -0.05) is 0 Å². The SMILES string of the molecule is Cc1nc(C)c(C)c(N(C)C)c1C. The molecule has 0 aliphatic carbocycles. The van der Waals surface area contributed by atoms with E-state index in [1.165, 1.54) is 16.8 Å². The molecule has 0 saturated heterocycles. The Balaban J connectivity index is 3.46. The molecule has 0 bridgehead atoms. The summed E-state index contributed by atoms with van der Waals surface area (Å²) < 4.78 is 0. The van der Waals surface area contributed by atoms with Crippen molar-refractivity contribution >= 4 is 5.69 Å². The quantitative estimate of drug-likeness (QED) is 0.656. The minimum Gasteiger partial charge on any atom is -0.377 e. The molecule has 0 unspecified atom stereocenters. The van der Waals surface area contributed by atoms with Gasteiger partial charge in [-0.15, -0.1) is 0 Å². The van der Waals surface area contributed by atoms with Crippen LogP contribution in [-0.2, 0) is 0 Å². The number of aryl methyl sites for hydroxylation is 2. The lowest BCUT2D eigenvalue weighted by Gasteiger charge is -2.21. The van der Waals surface area contributed by atoms with Gasteiger partial charge in [-0.3, -0.25) is 4.98 Å². The van der Waals surface area contributed by atoms with Crippen molar-refractivity contribution in [1.82, 2.24) is 4.98 Å². The average Bonchev–Trinajstić information content (AvgIpc) is 2.01. The van der Waals surface area contributed by atoms with Gasteiger partial charge in [0, 0.05) is 31.2 Å². The number of anilines is 1. The third kappa shape index (κ3) is 1.67. The molecule has 0 spiro atoms. The zero-order valence-corrected chi connectivity index (χ0v) is 9.39. The van der Waals surface area contributed by atoms with Gasteiger partial charge in [0.05, 0.1) is 0 Å². The van der Waals surface area contributed by atoms with Crippen LogP contribution in [0.1, 0.15) is 22.5 Å². The molecule has 0 N–H and O–H groups in total. The van der Waals surface area contributed by atoms with E-state index < -0.39 is 0 Å². The van der Waals surface area contributed by atoms with Gasteiger partial charge in [0.15, 0.2) is 0 Å². The van der Waals surface area contributed by atoms with Crippen LogP contribution < -0.4 is 4.90 Å². The molecule has 72 valence electrons. The second kappa shape index (κ2) is 3.36. The van der Waals surface area contributed by atoms with Gasteiger partial charge in [-0.25, -0.2) is 0 Å². The molecule has 0 atom stereocenters. The van der Waals surface area contributed by atoms with E-state index >= 15 is 0 Å². The van der Waals surface area contributed by atoms with Crippen molar-refractivity contribution in [2.24, 2.45) is 0 Å². The second-order valence-electron chi connectivity index (χ2n) is 3.78. The maximum absolute atomic E-state index is 4.49. The van der Waals surface area contributed by atoms with E-state index in [0.29, 0.717) is 0 Å². The van der Waals surface area contributed by atoms with Crippen molar-refractivity contribution in [2.75, 3.05) is 19.0 Å². The highest BCUT2D eigenvalue weighted by Crippen LogP contribution is 2.26. The first-order valence-corrected chi connectivity index (χ1v) is 4.57. The number of hydrogen-bond acceptors (Lipinski definition) is 2. The minimum atomic E-state index is 1.13. The highest BCUT2D eigenvalue weighted by atomic mass is 15.1. The second-order valence-corrected chi connectivity index (χ2v) is 3.78. The Hall–Kier alpha value is -1.05. The smallest absolute Gasteiger partial charge is 0.0456 e. The summed E-state index contributed by atoms with van der Waals surface area (Å²) >= 11 is 0. The summed E-state index contributed by atoms with van der Waals surface area (Å²) in [7, 11) is 4.16. The number of aromatic nitrogens is 1. The zero-order chi connectivity index (χ0) is 10.2. The number of nitrogens with zero attached hydrogens (tertiary/aromatic N) is 2. The molecule has 0 fully saturated rings. The molecular weight excluding hydrogens is 160 g/mol. The predicted molar refractivity (Wildman–Crippen MR) is 57.5 cm³/mol. The van der Waals surface area contributed by atoms with Crippen molar-refractivity contribution in [3.8, 4) is 0 Å². The topological polar surface area (TPSA) is 16.1 Å². The van der Waals surface area contributed by atoms with E-state index in [9.17, 15) is 0 Å². The van der Waals surface area contributed by atoms with Crippen LogP contribution >= 0.6 is 0 Å². The Morgan fingerprint density at radius 1 is 0.846 bits per heavy atom. The molecule has 1 aromatic rings. The molecule has 1 heterocycles. The zero-order valence-electron chi connectivity index (χ0n) is 9.39. The number of rotatable bonds is 1. The van der Waals surface area contributed by atoms with Crippen LogP contribution in [0, 0.1) is 27.7 Å². The molecule has 1 rings (SSSR count). The Morgan fingerprint density at radius 3 is 1.54 bits per heavy atom. The predicted octanol–water partition coefficient (Wildman–Crippen LogP) is 2.38. The monoisotopic (exact) mass is 178 g/mol. The van der Waals surface area contributed by atoms with Crippen LogP contribution in [0.15, 0.2) is 0 Å². The maximum Gasteiger partial charge on any atom is 0.0456 e. The van der Waals surface area contributed by atoms with Crippen LogP contribution in [0.4, 0.5) is 5.69 Å². The largest absolute Gasteiger partial charge is 0.377 e. The summed E-state index contributed by atoms with van der Waals surface area (Å²) in [5.74, 6) is 0. The lowest BCUT2D eigenvalue weighted by Crippen LogP contribution is -2.14. The summed E-state index contributed by atoms with van der Waals surface area (Å²) in [6.07, 6.45) is 0. The van der Waals surface area contributed by atoms with E-state index in [-0.39, 0.29) is 0 Å². The Morgan fingerprint density at radius 2 is 1.23 bits per heavy atom. The van der Waals surface area contributed by atoms with Crippen molar-refractivity contribution < 1.29 is 0 Å². The van der Waals surface area contributed by atoms with E-state index in [1.54, 1.807) is 0 Å². The van der Waals surface area contributed by atoms with Crippen LogP contribution in [0.5, 0.6) is 0 Å². The Bertz CT molecular complexity index is 301. The third-order valence-corrected chi connectivity index (χ3v) is 2.58. The van der Waals surface area contributed by atoms with E-state index in [1.807, 2.05) is 0 Å². The molecule has 13 heavy (non-hydrogen) atoms. The summed E-state index contributed by atoms with van der Waals surface area (Å²) in [6, 6.07) is 0. The molecule has 0 amide bonds. The summed E-state index contributed by atoms with van der Waals surface area (Å²) in [4.78, 5) is 6.65. The molecule has 0 aliphatic rings. The lowest BCUT2D eigenvalue weighted by atomic mass is 10.1. The fourth-order valence-corrected chi connectivity index (χ4v) is 1.71. The standard InChI is InChI=1S/C11H18N2/c1-7-9(3)12-10(4)8(2)11(7)13(5)6/h1-6H3. The van der Waals surface area contributed by atoms with E-state index in [2.05, 4.69) is 51.7 Å². The van der Waals surface area contributed by atoms with E-state index in [0.717, 1.165) is 11.4 Å². The molecule has 2 heteroatoms. The first kappa shape index (κ1) is 10.0. The first-order chi connectivity index (χ1) is 5.95. The van der Waals surface area contributed by atoms with Crippen molar-refractivity contribution in [3.63, 3.8) is 0 Å². The van der Waals surface area contributed by atoms with Gasteiger partial charge in [-0.05, 0) is 38.8 Å². The highest BCUT2D eigenvalue weighted by molar-refractivity contribution is 5.60. The van der Waals surface area contributed by atoms with Gasteiger partial charge in [0.2, 0.25) is 0 Å². The van der Waals surface area contributed by atoms with Crippen LogP contribution in [0.2, 0.25) is 0 Å². The fourth-order valence-electron chi connectivity index (χ4n) is 1.71. The normalized spacial score (nSPS) is 10.3. The van der Waals surface area contributed by atoms with Gasteiger partial charge in [-0.2, -0.15) is 0 Å². The molecule has 1 aromatic heterocycles. The minimum absolute atomic E-state index is 1.13. The van der Waals surface area contributed by atoms with Crippen LogP contribution in [-0.4, -0.2) is 19.1 Å². The summed E-state index contributed by atoms with van der Waals surface area (Å²) in [5.41, 5.74) is 6.14. The maximum atomic E-state index is 4.49. The summed E-state index contributed by atoms with van der Waals surface area (Å²) in [5, 5.41) is 0. The van der Waals surface area contributed by atoms with Crippen LogP contribution in [0.3, 0.4) is 0 Å². The van der Waals surface area contributed by atoms with Gasteiger partial charge < -0.3 is 4.90 Å². The molecule has 0 aromatic carbocycles. The molecule has 0 radical (unpaired) electrons. The van der Waals surface area contributed by atoms with Gasteiger partial charge >= 0.3 is 0 Å². The van der Waals surface area contributed by atoms with Crippen molar-refractivity contribution in [1.29, 1.82) is 0 Å². The number of pyridine rings is 1. The van der Waals surface area contributed by atoms with Gasteiger partial charge in [0.25, 0.3) is 0 Å². The molecule has 0 saturated carbocycles. The van der Waals surface area contributed by atoms with E-state index in [4.69, 9.17) is 0 Å². The third-order valence-electron chi connectivity index (χ3n) is 2.58. The Kier molecular flexibility index (Phi) is 2.60. The molecular formula is C11H18N2. The lowest BCUT2D eigenvalue weighted by molar-refractivity contribution is 1.01. The summed E-state index contributed by atoms with van der Waals surface area (Å²) in [6.45, 7) is 8.39. The fraction of sp³-hybridized carbons (Fsp3) is 0.545. The van der Waals surface area contributed by atoms with Crippen LogP contribution in [0.25, 0.3) is 0 Å². The first-order valence-electron chi connectivity index (χ1n) is 4.57. The average molecular weight is 178 g/mol. The number of hydrogen-bond donors (Lipinski definition) is 0. The van der Waals surface area contributed by atoms with Gasteiger partial charge in [0.1, 0.15) is 0 Å². The Labute approximate surface area is 80.6 Å². The highest BCUT2D eigenvalue weighted by Gasteiger charge is 2.10. The van der Waals surface area contributed by atoms with Crippen molar-refractivity contribution in [2.45, 2.75) is 27.7 Å². The molecule has 0 aliphatic heterocycles. The molecule has 2 nitrogen and oxygen atoms in total.